The number of hydrogen-bond donors (Lipinski definition) is 2. The second kappa shape index (κ2) is 7.58. The monoisotopic (exact) mass is 353 g/mol. The Balaban J connectivity index is 1.64. The molecule has 0 fully saturated rings. The van der Waals surface area contributed by atoms with E-state index in [1.807, 2.05) is 63.2 Å². The molecule has 1 amide bonds. The summed E-state index contributed by atoms with van der Waals surface area (Å²) < 4.78 is 10.7. The molecule has 3 aromatic rings. The van der Waals surface area contributed by atoms with E-state index in [4.69, 9.17) is 8.94 Å². The van der Waals surface area contributed by atoms with Gasteiger partial charge in [-0.1, -0.05) is 56.3 Å². The Morgan fingerprint density at radius 2 is 1.92 bits per heavy atom. The highest BCUT2D eigenvalue weighted by atomic mass is 16.5. The molecule has 1 aromatic carbocycles. The van der Waals surface area contributed by atoms with E-state index in [0.717, 1.165) is 17.0 Å². The maximum Gasteiger partial charge on any atom is 0.240 e. The molecular weight excluding hydrogens is 330 g/mol. The lowest BCUT2D eigenvalue weighted by Crippen LogP contribution is -2.31. The predicted octanol–water partition coefficient (Wildman–Crippen LogP) is 3.88. The van der Waals surface area contributed by atoms with Gasteiger partial charge in [0.2, 0.25) is 11.8 Å². The van der Waals surface area contributed by atoms with Gasteiger partial charge in [0.25, 0.3) is 0 Å². The summed E-state index contributed by atoms with van der Waals surface area (Å²) in [5.41, 5.74) is 1.67. The van der Waals surface area contributed by atoms with Crippen molar-refractivity contribution in [3.05, 3.63) is 71.8 Å². The topological polar surface area (TPSA) is 80.3 Å². The number of carbonyl (C=O) groups excluding carboxylic acids is 1. The molecule has 0 aliphatic carbocycles. The van der Waals surface area contributed by atoms with Crippen LogP contribution >= 0.6 is 0 Å². The van der Waals surface area contributed by atoms with Gasteiger partial charge in [-0.2, -0.15) is 0 Å². The van der Waals surface area contributed by atoms with Crippen molar-refractivity contribution in [3.63, 3.8) is 0 Å². The summed E-state index contributed by atoms with van der Waals surface area (Å²) in [4.78, 5) is 12.3. The summed E-state index contributed by atoms with van der Waals surface area (Å²) >= 11 is 0. The summed E-state index contributed by atoms with van der Waals surface area (Å²) in [6.45, 7) is 6.20. The van der Waals surface area contributed by atoms with Gasteiger partial charge in [-0.15, -0.1) is 0 Å². The molecule has 0 spiro atoms. The molecule has 6 nitrogen and oxygen atoms in total. The van der Waals surface area contributed by atoms with Crippen molar-refractivity contribution in [2.75, 3.05) is 11.9 Å². The summed E-state index contributed by atoms with van der Waals surface area (Å²) in [5.74, 6) is 0.878. The van der Waals surface area contributed by atoms with E-state index in [0.29, 0.717) is 5.88 Å². The molecule has 1 atom stereocenters. The van der Waals surface area contributed by atoms with Crippen molar-refractivity contribution in [1.82, 2.24) is 10.5 Å². The minimum absolute atomic E-state index is 0.103. The molecular formula is C20H23N3O3. The van der Waals surface area contributed by atoms with Crippen LogP contribution in [-0.2, 0) is 10.2 Å². The van der Waals surface area contributed by atoms with Crippen LogP contribution in [0.5, 0.6) is 0 Å². The minimum Gasteiger partial charge on any atom is -0.467 e. The average molecular weight is 353 g/mol. The van der Waals surface area contributed by atoms with E-state index < -0.39 is 0 Å². The van der Waals surface area contributed by atoms with Crippen LogP contribution < -0.4 is 10.6 Å². The van der Waals surface area contributed by atoms with Crippen molar-refractivity contribution in [2.24, 2.45) is 0 Å². The van der Waals surface area contributed by atoms with Crippen LogP contribution in [0.3, 0.4) is 0 Å². The number of nitrogens with zero attached hydrogens (tertiary/aromatic N) is 1. The second-order valence-electron chi connectivity index (χ2n) is 7.11. The molecule has 0 aliphatic rings. The van der Waals surface area contributed by atoms with Gasteiger partial charge in [0.05, 0.1) is 24.5 Å². The zero-order valence-corrected chi connectivity index (χ0v) is 15.2. The van der Waals surface area contributed by atoms with E-state index in [1.54, 1.807) is 12.3 Å². The number of amides is 1. The lowest BCUT2D eigenvalue weighted by atomic mass is 9.92. The number of rotatable bonds is 6. The van der Waals surface area contributed by atoms with Gasteiger partial charge in [0, 0.05) is 11.5 Å². The van der Waals surface area contributed by atoms with Gasteiger partial charge >= 0.3 is 0 Å². The molecule has 0 bridgehead atoms. The van der Waals surface area contributed by atoms with Crippen LogP contribution in [0.25, 0.3) is 0 Å². The Morgan fingerprint density at radius 3 is 2.54 bits per heavy atom. The van der Waals surface area contributed by atoms with Gasteiger partial charge in [0.1, 0.15) is 5.76 Å². The Morgan fingerprint density at radius 1 is 1.15 bits per heavy atom. The van der Waals surface area contributed by atoms with E-state index >= 15 is 0 Å². The molecule has 3 rings (SSSR count). The highest BCUT2D eigenvalue weighted by Gasteiger charge is 2.21. The molecule has 0 unspecified atom stereocenters. The lowest BCUT2D eigenvalue weighted by Gasteiger charge is -2.16. The first-order chi connectivity index (χ1) is 12.4. The molecule has 6 heteroatoms. The van der Waals surface area contributed by atoms with Gasteiger partial charge < -0.3 is 8.94 Å². The fourth-order valence-corrected chi connectivity index (χ4v) is 2.55. The van der Waals surface area contributed by atoms with Crippen molar-refractivity contribution in [3.8, 4) is 0 Å². The fraction of sp³-hybridized carbons (Fsp3) is 0.300. The molecule has 136 valence electrons. The van der Waals surface area contributed by atoms with E-state index in [2.05, 4.69) is 15.8 Å². The van der Waals surface area contributed by atoms with Crippen LogP contribution in [-0.4, -0.2) is 17.6 Å². The zero-order valence-electron chi connectivity index (χ0n) is 15.2. The first-order valence-corrected chi connectivity index (χ1v) is 8.52. The third-order valence-electron chi connectivity index (χ3n) is 3.97. The van der Waals surface area contributed by atoms with Crippen molar-refractivity contribution in [1.29, 1.82) is 0 Å². The smallest absolute Gasteiger partial charge is 0.240 e. The molecule has 0 saturated carbocycles. The SMILES string of the molecule is CC(C)(C)c1cc(NC(=O)CN[C@@H](c2ccccc2)c2ccco2)on1. The van der Waals surface area contributed by atoms with E-state index in [9.17, 15) is 4.79 Å². The van der Waals surface area contributed by atoms with Crippen molar-refractivity contribution >= 4 is 11.8 Å². The number of hydrogen-bond acceptors (Lipinski definition) is 5. The van der Waals surface area contributed by atoms with Crippen LogP contribution in [0, 0.1) is 0 Å². The Kier molecular flexibility index (Phi) is 5.23. The number of aromatic nitrogens is 1. The third kappa shape index (κ3) is 4.40. The highest BCUT2D eigenvalue weighted by Crippen LogP contribution is 2.24. The first kappa shape index (κ1) is 17.9. The normalized spacial score (nSPS) is 12.7. The van der Waals surface area contributed by atoms with Crippen LogP contribution in [0.1, 0.15) is 43.8 Å². The first-order valence-electron chi connectivity index (χ1n) is 8.52. The minimum atomic E-state index is -0.214. The van der Waals surface area contributed by atoms with E-state index in [1.165, 1.54) is 0 Å². The molecule has 0 saturated heterocycles. The summed E-state index contributed by atoms with van der Waals surface area (Å²) in [6.07, 6.45) is 1.62. The Bertz CT molecular complexity index is 833. The van der Waals surface area contributed by atoms with Crippen LogP contribution in [0.2, 0.25) is 0 Å². The van der Waals surface area contributed by atoms with Crippen LogP contribution in [0.4, 0.5) is 5.88 Å². The quantitative estimate of drug-likeness (QED) is 0.703. The highest BCUT2D eigenvalue weighted by molar-refractivity contribution is 5.91. The molecule has 2 aromatic heterocycles. The largest absolute Gasteiger partial charge is 0.467 e. The van der Waals surface area contributed by atoms with Crippen molar-refractivity contribution in [2.45, 2.75) is 32.2 Å². The third-order valence-corrected chi connectivity index (χ3v) is 3.97. The molecule has 0 radical (unpaired) electrons. The summed E-state index contributed by atoms with van der Waals surface area (Å²) in [7, 11) is 0. The van der Waals surface area contributed by atoms with Gasteiger partial charge in [0.15, 0.2) is 0 Å². The molecule has 26 heavy (non-hydrogen) atoms. The molecule has 2 N–H and O–H groups in total. The summed E-state index contributed by atoms with van der Waals surface area (Å²) in [5, 5.41) is 9.95. The second-order valence-corrected chi connectivity index (χ2v) is 7.11. The number of anilines is 1. The average Bonchev–Trinajstić information content (AvgIpc) is 3.27. The Labute approximate surface area is 152 Å². The standard InChI is InChI=1S/C20H23N3O3/c1-20(2,3)16-12-18(26-23-16)22-17(24)13-21-19(15-10-7-11-25-15)14-8-5-4-6-9-14/h4-12,19,21H,13H2,1-3H3,(H,22,24)/t19-/m0/s1. The number of nitrogens with one attached hydrogen (secondary N) is 2. The number of carbonyl (C=O) groups is 1. The molecule has 0 aliphatic heterocycles. The zero-order chi connectivity index (χ0) is 18.6. The predicted molar refractivity (Wildman–Crippen MR) is 98.8 cm³/mol. The van der Waals surface area contributed by atoms with Gasteiger partial charge in [-0.25, -0.2) is 0 Å². The molecule has 2 heterocycles. The summed E-state index contributed by atoms with van der Waals surface area (Å²) in [6, 6.07) is 15.1. The van der Waals surface area contributed by atoms with E-state index in [-0.39, 0.29) is 23.9 Å². The lowest BCUT2D eigenvalue weighted by molar-refractivity contribution is -0.115. The van der Waals surface area contributed by atoms with Gasteiger partial charge in [-0.3, -0.25) is 15.4 Å². The Hall–Kier alpha value is -2.86. The van der Waals surface area contributed by atoms with Gasteiger partial charge in [-0.05, 0) is 17.7 Å². The number of benzene rings is 1. The van der Waals surface area contributed by atoms with Crippen molar-refractivity contribution < 1.29 is 13.7 Å². The number of furan rings is 1. The maximum absolute atomic E-state index is 12.3. The maximum atomic E-state index is 12.3. The van der Waals surface area contributed by atoms with Crippen LogP contribution in [0.15, 0.2) is 63.7 Å². The fourth-order valence-electron chi connectivity index (χ4n) is 2.55.